The summed E-state index contributed by atoms with van der Waals surface area (Å²) in [6, 6.07) is 10.9. The maximum Gasteiger partial charge on any atom is 0.335 e. The summed E-state index contributed by atoms with van der Waals surface area (Å²) in [5.74, 6) is 0.465. The van der Waals surface area contributed by atoms with Crippen molar-refractivity contribution < 1.29 is 14.0 Å². The molecule has 2 aliphatic rings. The van der Waals surface area contributed by atoms with E-state index >= 15 is 0 Å². The highest BCUT2D eigenvalue weighted by atomic mass is 16.4. The molecule has 3 atom stereocenters. The van der Waals surface area contributed by atoms with Crippen LogP contribution in [-0.4, -0.2) is 40.8 Å². The SMILES string of the molecule is O=C(NC1[C@@H]2CC[C@H]1CN(C(=O)CCc1c[nH]c3ccccc13)C2)c1ccc(=O)oc1. The number of nitrogens with zero attached hydrogens (tertiary/aromatic N) is 1. The Labute approximate surface area is 179 Å². The number of aromatic amines is 1. The fraction of sp³-hybridized carbons (Fsp3) is 0.375. The Morgan fingerprint density at radius 1 is 1.10 bits per heavy atom. The lowest BCUT2D eigenvalue weighted by molar-refractivity contribution is -0.133. The van der Waals surface area contributed by atoms with Gasteiger partial charge >= 0.3 is 5.63 Å². The number of para-hydroxylation sites is 1. The lowest BCUT2D eigenvalue weighted by Crippen LogP contribution is -2.54. The third kappa shape index (κ3) is 3.87. The molecule has 7 heteroatoms. The minimum Gasteiger partial charge on any atom is -0.430 e. The molecule has 2 bridgehead atoms. The highest BCUT2D eigenvalue weighted by Gasteiger charge is 2.43. The Hall–Kier alpha value is -3.35. The third-order valence-corrected chi connectivity index (χ3v) is 6.73. The lowest BCUT2D eigenvalue weighted by atomic mass is 9.91. The number of piperidine rings is 1. The number of aromatic nitrogens is 1. The van der Waals surface area contributed by atoms with E-state index in [1.807, 2.05) is 29.3 Å². The molecule has 2 N–H and O–H groups in total. The van der Waals surface area contributed by atoms with Crippen molar-refractivity contribution in [1.29, 1.82) is 0 Å². The van der Waals surface area contributed by atoms with Gasteiger partial charge in [-0.15, -0.1) is 0 Å². The van der Waals surface area contributed by atoms with Crippen molar-refractivity contribution in [3.8, 4) is 0 Å². The molecule has 0 spiro atoms. The summed E-state index contributed by atoms with van der Waals surface area (Å²) in [5, 5.41) is 4.28. The number of rotatable bonds is 5. The molecule has 2 aromatic heterocycles. The van der Waals surface area contributed by atoms with Crippen molar-refractivity contribution >= 4 is 22.7 Å². The molecule has 2 amide bonds. The van der Waals surface area contributed by atoms with Gasteiger partial charge in [0, 0.05) is 48.7 Å². The Morgan fingerprint density at radius 3 is 2.61 bits per heavy atom. The minimum atomic E-state index is -0.476. The van der Waals surface area contributed by atoms with Crippen LogP contribution in [0.25, 0.3) is 10.9 Å². The van der Waals surface area contributed by atoms with E-state index in [-0.39, 0.29) is 29.7 Å². The molecule has 1 aromatic carbocycles. The molecule has 1 unspecified atom stereocenters. The number of carbonyl (C=O) groups excluding carboxylic acids is 2. The molecule has 3 aromatic rings. The van der Waals surface area contributed by atoms with Crippen LogP contribution in [0, 0.1) is 11.8 Å². The van der Waals surface area contributed by atoms with Gasteiger partial charge in [0.25, 0.3) is 5.91 Å². The van der Waals surface area contributed by atoms with Gasteiger partial charge in [-0.05, 0) is 48.8 Å². The lowest BCUT2D eigenvalue weighted by Gasteiger charge is -2.38. The Kier molecular flexibility index (Phi) is 5.10. The van der Waals surface area contributed by atoms with Gasteiger partial charge in [-0.1, -0.05) is 18.2 Å². The zero-order valence-electron chi connectivity index (χ0n) is 17.2. The van der Waals surface area contributed by atoms with Gasteiger partial charge < -0.3 is 19.6 Å². The number of hydrogen-bond acceptors (Lipinski definition) is 4. The van der Waals surface area contributed by atoms with Gasteiger partial charge in [0.1, 0.15) is 6.26 Å². The Morgan fingerprint density at radius 2 is 1.87 bits per heavy atom. The normalized spacial score (nSPS) is 22.6. The number of hydrogen-bond donors (Lipinski definition) is 2. The quantitative estimate of drug-likeness (QED) is 0.665. The van der Waals surface area contributed by atoms with Crippen molar-refractivity contribution in [2.24, 2.45) is 11.8 Å². The summed E-state index contributed by atoms with van der Waals surface area (Å²) >= 11 is 0. The molecular weight excluding hydrogens is 394 g/mol. The predicted molar refractivity (Wildman–Crippen MR) is 116 cm³/mol. The first-order valence-corrected chi connectivity index (χ1v) is 10.8. The maximum atomic E-state index is 12.9. The summed E-state index contributed by atoms with van der Waals surface area (Å²) in [5.41, 5.74) is 2.13. The van der Waals surface area contributed by atoms with Gasteiger partial charge in [0.05, 0.1) is 5.56 Å². The Balaban J connectivity index is 1.19. The second-order valence-electron chi connectivity index (χ2n) is 8.60. The van der Waals surface area contributed by atoms with Crippen LogP contribution in [0.3, 0.4) is 0 Å². The van der Waals surface area contributed by atoms with E-state index in [4.69, 9.17) is 4.42 Å². The zero-order valence-corrected chi connectivity index (χ0v) is 17.2. The van der Waals surface area contributed by atoms with Gasteiger partial charge in [-0.2, -0.15) is 0 Å². The monoisotopic (exact) mass is 419 g/mol. The number of amides is 2. The van der Waals surface area contributed by atoms with Crippen molar-refractivity contribution in [3.63, 3.8) is 0 Å². The van der Waals surface area contributed by atoms with Gasteiger partial charge in [0.2, 0.25) is 5.91 Å². The number of likely N-dealkylation sites (tertiary alicyclic amines) is 1. The summed E-state index contributed by atoms with van der Waals surface area (Å²) < 4.78 is 4.80. The predicted octanol–water partition coefficient (Wildman–Crippen LogP) is 2.72. The molecule has 7 nitrogen and oxygen atoms in total. The molecule has 2 fully saturated rings. The van der Waals surface area contributed by atoms with E-state index in [9.17, 15) is 14.4 Å². The van der Waals surface area contributed by atoms with Crippen molar-refractivity contribution in [2.45, 2.75) is 31.7 Å². The van der Waals surface area contributed by atoms with Crippen LogP contribution in [-0.2, 0) is 11.2 Å². The van der Waals surface area contributed by atoms with E-state index in [1.54, 1.807) is 0 Å². The van der Waals surface area contributed by atoms with Crippen LogP contribution in [0.15, 0.2) is 58.1 Å². The standard InChI is InChI=1S/C24H25N3O4/c28-21(9-7-15-11-25-20-4-2-1-3-19(15)20)27-12-16-5-6-17(13-27)23(16)26-24(30)18-8-10-22(29)31-14-18/h1-4,8,10-11,14,16-17,23,25H,5-7,9,12-13H2,(H,26,30)/t16-,17+,23?. The van der Waals surface area contributed by atoms with Crippen molar-refractivity contribution in [3.05, 3.63) is 70.4 Å². The average Bonchev–Trinajstić information content (AvgIpc) is 3.28. The Bertz CT molecular complexity index is 1150. The second kappa shape index (κ2) is 8.06. The van der Waals surface area contributed by atoms with Crippen LogP contribution in [0.2, 0.25) is 0 Å². The van der Waals surface area contributed by atoms with E-state index < -0.39 is 5.63 Å². The summed E-state index contributed by atoms with van der Waals surface area (Å²) in [6.07, 6.45) is 6.41. The molecule has 5 rings (SSSR count). The number of nitrogens with one attached hydrogen (secondary N) is 2. The molecule has 1 saturated carbocycles. The van der Waals surface area contributed by atoms with Crippen LogP contribution in [0.1, 0.15) is 35.2 Å². The number of benzene rings is 1. The summed E-state index contributed by atoms with van der Waals surface area (Å²) in [4.78, 5) is 41.8. The van der Waals surface area contributed by atoms with E-state index in [1.165, 1.54) is 29.3 Å². The largest absolute Gasteiger partial charge is 0.430 e. The molecule has 3 heterocycles. The first-order valence-electron chi connectivity index (χ1n) is 10.8. The molecule has 1 aliphatic heterocycles. The maximum absolute atomic E-state index is 12.9. The summed E-state index contributed by atoms with van der Waals surface area (Å²) in [7, 11) is 0. The van der Waals surface area contributed by atoms with Crippen LogP contribution in [0.5, 0.6) is 0 Å². The van der Waals surface area contributed by atoms with E-state index in [0.29, 0.717) is 31.5 Å². The van der Waals surface area contributed by atoms with E-state index in [2.05, 4.69) is 16.4 Å². The fourth-order valence-corrected chi connectivity index (χ4v) is 5.12. The highest BCUT2D eigenvalue weighted by molar-refractivity contribution is 5.94. The smallest absolute Gasteiger partial charge is 0.335 e. The fourth-order valence-electron chi connectivity index (χ4n) is 5.12. The average molecular weight is 419 g/mol. The summed E-state index contributed by atoms with van der Waals surface area (Å²) in [6.45, 7) is 1.36. The molecule has 1 aliphatic carbocycles. The molecule has 1 saturated heterocycles. The first kappa shape index (κ1) is 19.6. The van der Waals surface area contributed by atoms with Crippen LogP contribution >= 0.6 is 0 Å². The number of aryl methyl sites for hydroxylation is 1. The highest BCUT2D eigenvalue weighted by Crippen LogP contribution is 2.37. The van der Waals surface area contributed by atoms with E-state index in [0.717, 1.165) is 18.4 Å². The third-order valence-electron chi connectivity index (χ3n) is 6.73. The number of fused-ring (bicyclic) bond motifs is 3. The number of H-pyrrole nitrogens is 1. The van der Waals surface area contributed by atoms with Crippen molar-refractivity contribution in [2.75, 3.05) is 13.1 Å². The van der Waals surface area contributed by atoms with Gasteiger partial charge in [0.15, 0.2) is 0 Å². The van der Waals surface area contributed by atoms with Crippen molar-refractivity contribution in [1.82, 2.24) is 15.2 Å². The second-order valence-corrected chi connectivity index (χ2v) is 8.60. The minimum absolute atomic E-state index is 0.0529. The zero-order chi connectivity index (χ0) is 21.4. The molecule has 160 valence electrons. The topological polar surface area (TPSA) is 95.4 Å². The van der Waals surface area contributed by atoms with Gasteiger partial charge in [-0.25, -0.2) is 4.79 Å². The van der Waals surface area contributed by atoms with Crippen LogP contribution < -0.4 is 10.9 Å². The molecule has 31 heavy (non-hydrogen) atoms. The van der Waals surface area contributed by atoms with Crippen LogP contribution in [0.4, 0.5) is 0 Å². The van der Waals surface area contributed by atoms with Gasteiger partial charge in [-0.3, -0.25) is 9.59 Å². The number of carbonyl (C=O) groups is 2. The first-order chi connectivity index (χ1) is 15.1. The molecular formula is C24H25N3O4. The molecule has 0 radical (unpaired) electrons.